The van der Waals surface area contributed by atoms with Gasteiger partial charge in [-0.2, -0.15) is 0 Å². The molecule has 0 aromatic heterocycles. The summed E-state index contributed by atoms with van der Waals surface area (Å²) in [7, 11) is 1.81. The number of hydrogen-bond donors (Lipinski definition) is 1. The third-order valence-electron chi connectivity index (χ3n) is 3.39. The molecule has 0 fully saturated rings. The maximum absolute atomic E-state index is 12.3. The van der Waals surface area contributed by atoms with Crippen molar-refractivity contribution >= 4 is 11.6 Å². The van der Waals surface area contributed by atoms with Gasteiger partial charge in [-0.3, -0.25) is 4.79 Å². The van der Waals surface area contributed by atoms with Crippen molar-refractivity contribution in [3.63, 3.8) is 0 Å². The number of rotatable bonds is 3. The van der Waals surface area contributed by atoms with Crippen LogP contribution in [0.2, 0.25) is 0 Å². The molecule has 0 bridgehead atoms. The molecule has 0 heterocycles. The van der Waals surface area contributed by atoms with Crippen LogP contribution in [0.15, 0.2) is 42.5 Å². The molecule has 20 heavy (non-hydrogen) atoms. The van der Waals surface area contributed by atoms with Gasteiger partial charge in [-0.25, -0.2) is 0 Å². The van der Waals surface area contributed by atoms with Crippen LogP contribution in [0.4, 0.5) is 5.69 Å². The van der Waals surface area contributed by atoms with Crippen LogP contribution in [0.5, 0.6) is 0 Å². The molecule has 2 N–H and O–H groups in total. The van der Waals surface area contributed by atoms with Crippen LogP contribution in [-0.4, -0.2) is 17.9 Å². The Bertz CT molecular complexity index is 635. The summed E-state index contributed by atoms with van der Waals surface area (Å²) in [5.41, 5.74) is 10.5. The van der Waals surface area contributed by atoms with Gasteiger partial charge in [0.25, 0.3) is 5.91 Å². The van der Waals surface area contributed by atoms with Gasteiger partial charge in [0.05, 0.1) is 0 Å². The summed E-state index contributed by atoms with van der Waals surface area (Å²) in [5, 5.41) is 0. The van der Waals surface area contributed by atoms with Crippen LogP contribution < -0.4 is 5.73 Å². The highest BCUT2D eigenvalue weighted by Crippen LogP contribution is 2.15. The number of hydrogen-bond acceptors (Lipinski definition) is 2. The zero-order valence-corrected chi connectivity index (χ0v) is 12.2. The molecule has 2 aromatic rings. The third-order valence-corrected chi connectivity index (χ3v) is 3.39. The molecule has 0 aliphatic rings. The minimum Gasteiger partial charge on any atom is -0.399 e. The molecule has 0 atom stereocenters. The van der Waals surface area contributed by atoms with Crippen molar-refractivity contribution in [3.8, 4) is 0 Å². The molecule has 0 unspecified atom stereocenters. The van der Waals surface area contributed by atoms with E-state index in [0.717, 1.165) is 5.56 Å². The molecular weight excluding hydrogens is 248 g/mol. The van der Waals surface area contributed by atoms with Gasteiger partial charge in [0.15, 0.2) is 0 Å². The number of benzene rings is 2. The van der Waals surface area contributed by atoms with E-state index in [1.807, 2.05) is 7.05 Å². The Kier molecular flexibility index (Phi) is 4.08. The Labute approximate surface area is 120 Å². The van der Waals surface area contributed by atoms with Crippen LogP contribution in [0.3, 0.4) is 0 Å². The lowest BCUT2D eigenvalue weighted by Gasteiger charge is -2.19. The van der Waals surface area contributed by atoms with Crippen molar-refractivity contribution in [3.05, 3.63) is 64.7 Å². The summed E-state index contributed by atoms with van der Waals surface area (Å²) in [6.45, 7) is 4.74. The number of carbonyl (C=O) groups excluding carboxylic acids is 1. The highest BCUT2D eigenvalue weighted by molar-refractivity contribution is 5.94. The minimum atomic E-state index is -0.0164. The lowest BCUT2D eigenvalue weighted by molar-refractivity contribution is 0.0785. The minimum absolute atomic E-state index is 0.0164. The van der Waals surface area contributed by atoms with Gasteiger partial charge in [-0.15, -0.1) is 0 Å². The molecule has 3 nitrogen and oxygen atoms in total. The first-order valence-electron chi connectivity index (χ1n) is 6.64. The highest BCUT2D eigenvalue weighted by Gasteiger charge is 2.13. The predicted molar refractivity (Wildman–Crippen MR) is 82.6 cm³/mol. The van der Waals surface area contributed by atoms with Gasteiger partial charge in [-0.1, -0.05) is 29.8 Å². The zero-order chi connectivity index (χ0) is 14.7. The molecule has 0 radical (unpaired) electrons. The Morgan fingerprint density at radius 3 is 2.55 bits per heavy atom. The van der Waals surface area contributed by atoms with E-state index in [9.17, 15) is 4.79 Å². The largest absolute Gasteiger partial charge is 0.399 e. The fourth-order valence-electron chi connectivity index (χ4n) is 2.24. The summed E-state index contributed by atoms with van der Waals surface area (Å²) >= 11 is 0. The van der Waals surface area contributed by atoms with Crippen LogP contribution in [0.25, 0.3) is 0 Å². The second-order valence-electron chi connectivity index (χ2n) is 5.22. The maximum atomic E-state index is 12.3. The van der Waals surface area contributed by atoms with E-state index in [1.54, 1.807) is 29.2 Å². The summed E-state index contributed by atoms with van der Waals surface area (Å²) in [4.78, 5) is 14.1. The van der Waals surface area contributed by atoms with Crippen molar-refractivity contribution in [2.45, 2.75) is 20.4 Å². The van der Waals surface area contributed by atoms with Crippen molar-refractivity contribution in [1.82, 2.24) is 4.90 Å². The molecule has 104 valence electrons. The monoisotopic (exact) mass is 268 g/mol. The molecule has 0 aliphatic heterocycles. The van der Waals surface area contributed by atoms with Gasteiger partial charge < -0.3 is 10.6 Å². The fraction of sp³-hybridized carbons (Fsp3) is 0.235. The smallest absolute Gasteiger partial charge is 0.253 e. The number of carbonyl (C=O) groups is 1. The molecule has 3 heteroatoms. The van der Waals surface area contributed by atoms with Crippen molar-refractivity contribution in [2.24, 2.45) is 0 Å². The van der Waals surface area contributed by atoms with E-state index in [1.165, 1.54) is 11.1 Å². The van der Waals surface area contributed by atoms with E-state index in [4.69, 9.17) is 5.73 Å². The summed E-state index contributed by atoms with van der Waals surface area (Å²) in [5.74, 6) is -0.0164. The maximum Gasteiger partial charge on any atom is 0.253 e. The van der Waals surface area contributed by atoms with Crippen molar-refractivity contribution in [2.75, 3.05) is 12.8 Å². The molecule has 0 aliphatic carbocycles. The normalized spacial score (nSPS) is 10.3. The van der Waals surface area contributed by atoms with Crippen LogP contribution in [0.1, 0.15) is 27.0 Å². The van der Waals surface area contributed by atoms with Gasteiger partial charge in [0.2, 0.25) is 0 Å². The topological polar surface area (TPSA) is 46.3 Å². The van der Waals surface area contributed by atoms with E-state index in [0.29, 0.717) is 17.8 Å². The van der Waals surface area contributed by atoms with E-state index < -0.39 is 0 Å². The summed E-state index contributed by atoms with van der Waals surface area (Å²) < 4.78 is 0. The van der Waals surface area contributed by atoms with Crippen molar-refractivity contribution in [1.29, 1.82) is 0 Å². The number of nitrogens with zero attached hydrogens (tertiary/aromatic N) is 1. The Hall–Kier alpha value is -2.29. The molecule has 2 aromatic carbocycles. The average molecular weight is 268 g/mol. The molecule has 0 spiro atoms. The molecule has 1 amide bonds. The standard InChI is InChI=1S/C17H20N2O/c1-12-7-8-15(13(2)9-12)11-19(3)17(20)14-5-4-6-16(18)10-14/h4-10H,11,18H2,1-3H3. The summed E-state index contributed by atoms with van der Waals surface area (Å²) in [6.07, 6.45) is 0. The average Bonchev–Trinajstić information content (AvgIpc) is 2.41. The van der Waals surface area contributed by atoms with E-state index in [-0.39, 0.29) is 5.91 Å². The van der Waals surface area contributed by atoms with Crippen molar-refractivity contribution < 1.29 is 4.79 Å². The zero-order valence-electron chi connectivity index (χ0n) is 12.2. The number of nitrogen functional groups attached to an aromatic ring is 1. The quantitative estimate of drug-likeness (QED) is 0.869. The second-order valence-corrected chi connectivity index (χ2v) is 5.22. The fourth-order valence-corrected chi connectivity index (χ4v) is 2.24. The molecular formula is C17H20N2O. The number of amides is 1. The molecule has 0 saturated carbocycles. The first-order chi connectivity index (χ1) is 9.47. The number of anilines is 1. The summed E-state index contributed by atoms with van der Waals surface area (Å²) in [6, 6.07) is 13.4. The van der Waals surface area contributed by atoms with E-state index in [2.05, 4.69) is 32.0 Å². The number of aryl methyl sites for hydroxylation is 2. The first-order valence-corrected chi connectivity index (χ1v) is 6.64. The van der Waals surface area contributed by atoms with Gasteiger partial charge in [-0.05, 0) is 43.2 Å². The van der Waals surface area contributed by atoms with Gasteiger partial charge in [0, 0.05) is 24.8 Å². The first kappa shape index (κ1) is 14.1. The lowest BCUT2D eigenvalue weighted by atomic mass is 10.1. The predicted octanol–water partition coefficient (Wildman–Crippen LogP) is 3.16. The Balaban J connectivity index is 2.15. The highest BCUT2D eigenvalue weighted by atomic mass is 16.2. The van der Waals surface area contributed by atoms with E-state index >= 15 is 0 Å². The van der Waals surface area contributed by atoms with Gasteiger partial charge >= 0.3 is 0 Å². The number of nitrogens with two attached hydrogens (primary N) is 1. The third kappa shape index (κ3) is 3.18. The van der Waals surface area contributed by atoms with Crippen LogP contribution in [0, 0.1) is 13.8 Å². The molecule has 0 saturated heterocycles. The lowest BCUT2D eigenvalue weighted by Crippen LogP contribution is -2.26. The Morgan fingerprint density at radius 2 is 1.90 bits per heavy atom. The SMILES string of the molecule is Cc1ccc(CN(C)C(=O)c2cccc(N)c2)c(C)c1. The Morgan fingerprint density at radius 1 is 1.15 bits per heavy atom. The van der Waals surface area contributed by atoms with Crippen LogP contribution in [-0.2, 0) is 6.54 Å². The second kappa shape index (κ2) is 5.78. The molecule has 2 rings (SSSR count). The van der Waals surface area contributed by atoms with Crippen LogP contribution >= 0.6 is 0 Å². The van der Waals surface area contributed by atoms with Gasteiger partial charge in [0.1, 0.15) is 0 Å².